The normalized spacial score (nSPS) is 18.7. The van der Waals surface area contributed by atoms with E-state index < -0.39 is 0 Å². The van der Waals surface area contributed by atoms with Gasteiger partial charge in [-0.3, -0.25) is 0 Å². The lowest BCUT2D eigenvalue weighted by atomic mass is 10.1. The summed E-state index contributed by atoms with van der Waals surface area (Å²) >= 11 is 2.00. The molecule has 0 aromatic heterocycles. The van der Waals surface area contributed by atoms with E-state index in [4.69, 9.17) is 4.74 Å². The zero-order valence-corrected chi connectivity index (χ0v) is 11.9. The highest BCUT2D eigenvalue weighted by atomic mass is 32.2. The van der Waals surface area contributed by atoms with Gasteiger partial charge in [0, 0.05) is 17.5 Å². The third-order valence-corrected chi connectivity index (χ3v) is 4.19. The zero-order chi connectivity index (χ0) is 13.5. The van der Waals surface area contributed by atoms with E-state index in [0.29, 0.717) is 11.8 Å². The number of nitrogens with one attached hydrogen (secondary N) is 1. The van der Waals surface area contributed by atoms with Crippen molar-refractivity contribution < 1.29 is 14.3 Å². The molecule has 1 N–H and O–H groups in total. The molecule has 0 aliphatic carbocycles. The first kappa shape index (κ1) is 14.1. The molecule has 0 bridgehead atoms. The Bertz CT molecular complexity index is 402. The second kappa shape index (κ2) is 7.28. The lowest BCUT2D eigenvalue weighted by Gasteiger charge is -2.23. The summed E-state index contributed by atoms with van der Waals surface area (Å²) < 4.78 is 9.81. The Hall–Kier alpha value is -1.36. The molecule has 1 fully saturated rings. The predicted molar refractivity (Wildman–Crippen MR) is 77.9 cm³/mol. The van der Waals surface area contributed by atoms with E-state index in [2.05, 4.69) is 10.1 Å². The monoisotopic (exact) mass is 281 g/mol. The fourth-order valence-electron chi connectivity index (χ4n) is 1.94. The Balaban J connectivity index is 1.82. The van der Waals surface area contributed by atoms with Gasteiger partial charge in [0.2, 0.25) is 0 Å². The van der Waals surface area contributed by atoms with Crippen molar-refractivity contribution in [3.05, 3.63) is 24.3 Å². The van der Waals surface area contributed by atoms with Crippen LogP contribution >= 0.6 is 11.8 Å². The van der Waals surface area contributed by atoms with Crippen molar-refractivity contribution in [2.45, 2.75) is 18.9 Å². The number of hydrogen-bond acceptors (Lipinski definition) is 5. The Morgan fingerprint density at radius 2 is 2.21 bits per heavy atom. The largest absolute Gasteiger partial charge is 0.482 e. The third-order valence-electron chi connectivity index (χ3n) is 2.97. The van der Waals surface area contributed by atoms with E-state index >= 15 is 0 Å². The number of methoxy groups -OCH3 is 1. The second-order valence-electron chi connectivity index (χ2n) is 4.45. The molecule has 1 unspecified atom stereocenters. The molecular weight excluding hydrogens is 262 g/mol. The number of thioether (sulfide) groups is 1. The summed E-state index contributed by atoms with van der Waals surface area (Å²) in [6.45, 7) is -0.0530. The van der Waals surface area contributed by atoms with E-state index in [-0.39, 0.29) is 12.6 Å². The molecule has 1 aliphatic heterocycles. The van der Waals surface area contributed by atoms with Crippen LogP contribution in [0.2, 0.25) is 0 Å². The van der Waals surface area contributed by atoms with Gasteiger partial charge in [-0.25, -0.2) is 4.79 Å². The van der Waals surface area contributed by atoms with Crippen molar-refractivity contribution in [2.24, 2.45) is 0 Å². The molecule has 0 amide bonds. The molecule has 1 heterocycles. The molecule has 5 heteroatoms. The lowest BCUT2D eigenvalue weighted by Crippen LogP contribution is -2.25. The molecular formula is C14H19NO3S. The molecule has 4 nitrogen and oxygen atoms in total. The number of ether oxygens (including phenoxy) is 2. The maximum atomic E-state index is 11.0. The Morgan fingerprint density at radius 3 is 2.84 bits per heavy atom. The average molecular weight is 281 g/mol. The molecule has 19 heavy (non-hydrogen) atoms. The molecule has 1 aromatic rings. The van der Waals surface area contributed by atoms with Crippen LogP contribution in [0, 0.1) is 0 Å². The first-order valence-electron chi connectivity index (χ1n) is 6.42. The predicted octanol–water partition coefficient (Wildman–Crippen LogP) is 2.55. The van der Waals surface area contributed by atoms with Crippen LogP contribution in [0.15, 0.2) is 24.3 Å². The van der Waals surface area contributed by atoms with Crippen LogP contribution in [-0.4, -0.2) is 37.2 Å². The zero-order valence-electron chi connectivity index (χ0n) is 11.1. The number of rotatable bonds is 5. The van der Waals surface area contributed by atoms with Crippen LogP contribution in [0.5, 0.6) is 5.75 Å². The Labute approximate surface area is 117 Å². The first-order valence-corrected chi connectivity index (χ1v) is 7.57. The number of esters is 1. The minimum Gasteiger partial charge on any atom is -0.482 e. The maximum Gasteiger partial charge on any atom is 0.343 e. The lowest BCUT2D eigenvalue weighted by molar-refractivity contribution is -0.142. The number of hydrogen-bond donors (Lipinski definition) is 1. The topological polar surface area (TPSA) is 47.6 Å². The van der Waals surface area contributed by atoms with Crippen LogP contribution in [0.25, 0.3) is 0 Å². The van der Waals surface area contributed by atoms with Crippen LogP contribution in [-0.2, 0) is 9.53 Å². The highest BCUT2D eigenvalue weighted by Crippen LogP contribution is 2.22. The highest BCUT2D eigenvalue weighted by Gasteiger charge is 2.13. The smallest absolute Gasteiger partial charge is 0.343 e. The molecule has 1 atom stereocenters. The summed E-state index contributed by atoms with van der Waals surface area (Å²) in [5.74, 6) is 2.74. The van der Waals surface area contributed by atoms with Gasteiger partial charge in [0.25, 0.3) is 0 Å². The average Bonchev–Trinajstić information content (AvgIpc) is 2.47. The molecule has 104 valence electrons. The third kappa shape index (κ3) is 4.67. The highest BCUT2D eigenvalue weighted by molar-refractivity contribution is 7.99. The van der Waals surface area contributed by atoms with Crippen molar-refractivity contribution in [2.75, 3.05) is 30.5 Å². The first-order chi connectivity index (χ1) is 9.28. The van der Waals surface area contributed by atoms with Gasteiger partial charge >= 0.3 is 5.97 Å². The molecule has 0 saturated carbocycles. The standard InChI is InChI=1S/C14H19NO3S/c1-17-14(16)9-18-13-6-4-11(5-7-13)15-12-3-2-8-19-10-12/h4-7,12,15H,2-3,8-10H2,1H3. The van der Waals surface area contributed by atoms with E-state index in [9.17, 15) is 4.79 Å². The fraction of sp³-hybridized carbons (Fsp3) is 0.500. The van der Waals surface area contributed by atoms with Crippen LogP contribution in [0.1, 0.15) is 12.8 Å². The van der Waals surface area contributed by atoms with Crippen LogP contribution in [0.4, 0.5) is 5.69 Å². The van der Waals surface area contributed by atoms with Gasteiger partial charge in [-0.15, -0.1) is 0 Å². The molecule has 1 saturated heterocycles. The van der Waals surface area contributed by atoms with E-state index in [0.717, 1.165) is 5.69 Å². The minimum atomic E-state index is -0.374. The second-order valence-corrected chi connectivity index (χ2v) is 5.60. The number of carbonyl (C=O) groups excluding carboxylic acids is 1. The summed E-state index contributed by atoms with van der Waals surface area (Å²) in [5, 5.41) is 3.52. The van der Waals surface area contributed by atoms with Crippen molar-refractivity contribution in [3.63, 3.8) is 0 Å². The molecule has 2 rings (SSSR count). The fourth-order valence-corrected chi connectivity index (χ4v) is 3.01. The minimum absolute atomic E-state index is 0.0530. The van der Waals surface area contributed by atoms with Crippen molar-refractivity contribution >= 4 is 23.4 Å². The summed E-state index contributed by atoms with van der Waals surface area (Å²) in [5.41, 5.74) is 1.10. The number of anilines is 1. The van der Waals surface area contributed by atoms with Crippen LogP contribution in [0.3, 0.4) is 0 Å². The van der Waals surface area contributed by atoms with Crippen molar-refractivity contribution in [1.82, 2.24) is 0 Å². The van der Waals surface area contributed by atoms with E-state index in [1.807, 2.05) is 36.0 Å². The summed E-state index contributed by atoms with van der Waals surface area (Å²) in [6.07, 6.45) is 2.51. The SMILES string of the molecule is COC(=O)COc1ccc(NC2CCCSC2)cc1. The van der Waals surface area contributed by atoms with Gasteiger partial charge in [0.1, 0.15) is 5.75 Å². The summed E-state index contributed by atoms with van der Waals surface area (Å²) in [4.78, 5) is 11.0. The van der Waals surface area contributed by atoms with E-state index in [1.165, 1.54) is 31.5 Å². The van der Waals surface area contributed by atoms with Gasteiger partial charge in [-0.1, -0.05) is 0 Å². The summed E-state index contributed by atoms with van der Waals surface area (Å²) in [6, 6.07) is 8.24. The number of benzene rings is 1. The van der Waals surface area contributed by atoms with Gasteiger partial charge in [-0.05, 0) is 42.9 Å². The molecule has 1 aliphatic rings. The van der Waals surface area contributed by atoms with Crippen molar-refractivity contribution in [3.8, 4) is 5.75 Å². The molecule has 0 spiro atoms. The maximum absolute atomic E-state index is 11.0. The van der Waals surface area contributed by atoms with Gasteiger partial charge in [0.05, 0.1) is 7.11 Å². The summed E-state index contributed by atoms with van der Waals surface area (Å²) in [7, 11) is 1.35. The molecule has 0 radical (unpaired) electrons. The molecule has 1 aromatic carbocycles. The van der Waals surface area contributed by atoms with Gasteiger partial charge < -0.3 is 14.8 Å². The Kier molecular flexibility index (Phi) is 5.39. The number of carbonyl (C=O) groups is 1. The van der Waals surface area contributed by atoms with Crippen LogP contribution < -0.4 is 10.1 Å². The van der Waals surface area contributed by atoms with E-state index in [1.54, 1.807) is 0 Å². The quantitative estimate of drug-likeness (QED) is 0.840. The Morgan fingerprint density at radius 1 is 1.42 bits per heavy atom. The van der Waals surface area contributed by atoms with Gasteiger partial charge in [0.15, 0.2) is 6.61 Å². The van der Waals surface area contributed by atoms with Crippen molar-refractivity contribution in [1.29, 1.82) is 0 Å². The van der Waals surface area contributed by atoms with Gasteiger partial charge in [-0.2, -0.15) is 11.8 Å².